The summed E-state index contributed by atoms with van der Waals surface area (Å²) in [5.74, 6) is 0.953. The first-order valence-corrected chi connectivity index (χ1v) is 8.25. The molecule has 2 aromatic rings. The molecule has 0 spiro atoms. The van der Waals surface area contributed by atoms with Crippen LogP contribution >= 0.6 is 11.3 Å². The fourth-order valence-electron chi connectivity index (χ4n) is 2.64. The van der Waals surface area contributed by atoms with Gasteiger partial charge >= 0.3 is 0 Å². The highest BCUT2D eigenvalue weighted by molar-refractivity contribution is 7.14. The van der Waals surface area contributed by atoms with Gasteiger partial charge in [-0.25, -0.2) is 15.0 Å². The molecule has 0 unspecified atom stereocenters. The van der Waals surface area contributed by atoms with Crippen LogP contribution in [0.4, 0.5) is 11.1 Å². The van der Waals surface area contributed by atoms with Gasteiger partial charge in [-0.3, -0.25) is 9.69 Å². The molecule has 116 valence electrons. The normalized spacial score (nSPS) is 15.8. The van der Waals surface area contributed by atoms with Crippen LogP contribution in [0.1, 0.15) is 18.5 Å². The number of nitrogens with zero attached hydrogens (tertiary/aromatic N) is 5. The lowest BCUT2D eigenvalue weighted by Crippen LogP contribution is -2.41. The van der Waals surface area contributed by atoms with Crippen molar-refractivity contribution >= 4 is 28.3 Å². The summed E-state index contributed by atoms with van der Waals surface area (Å²) in [5, 5.41) is 2.74. The first kappa shape index (κ1) is 14.9. The van der Waals surface area contributed by atoms with Gasteiger partial charge < -0.3 is 4.90 Å². The van der Waals surface area contributed by atoms with Gasteiger partial charge in [0.2, 0.25) is 11.9 Å². The summed E-state index contributed by atoms with van der Waals surface area (Å²) in [6.07, 6.45) is 5.15. The molecule has 1 amide bonds. The van der Waals surface area contributed by atoms with Crippen molar-refractivity contribution in [3.63, 3.8) is 0 Å². The molecule has 0 saturated carbocycles. The number of hydrogen-bond acceptors (Lipinski definition) is 6. The third-order valence-electron chi connectivity index (χ3n) is 3.90. The molecule has 3 heterocycles. The molecule has 0 atom stereocenters. The topological polar surface area (TPSA) is 62.2 Å². The van der Waals surface area contributed by atoms with E-state index in [-0.39, 0.29) is 11.8 Å². The molecule has 0 aliphatic carbocycles. The van der Waals surface area contributed by atoms with Gasteiger partial charge in [0, 0.05) is 43.8 Å². The fraction of sp³-hybridized carbons (Fsp3) is 0.467. The Balaban J connectivity index is 1.60. The third-order valence-corrected chi connectivity index (χ3v) is 4.94. The highest BCUT2D eigenvalue weighted by Gasteiger charge is 2.29. The van der Waals surface area contributed by atoms with Gasteiger partial charge in [-0.15, -0.1) is 11.3 Å². The largest absolute Gasteiger partial charge is 0.341 e. The molecule has 1 aliphatic rings. The van der Waals surface area contributed by atoms with E-state index in [1.165, 1.54) is 11.3 Å². The zero-order valence-corrected chi connectivity index (χ0v) is 13.6. The Hall–Kier alpha value is -2.02. The third kappa shape index (κ3) is 3.09. The molecule has 2 aromatic heterocycles. The molecule has 1 saturated heterocycles. The molecule has 6 nitrogen and oxygen atoms in total. The summed E-state index contributed by atoms with van der Waals surface area (Å²) in [6.45, 7) is 3.56. The zero-order valence-electron chi connectivity index (χ0n) is 12.8. The minimum atomic E-state index is 0.0502. The van der Waals surface area contributed by atoms with E-state index in [0.29, 0.717) is 0 Å². The van der Waals surface area contributed by atoms with Crippen molar-refractivity contribution < 1.29 is 4.79 Å². The van der Waals surface area contributed by atoms with E-state index in [1.54, 1.807) is 17.3 Å². The summed E-state index contributed by atoms with van der Waals surface area (Å²) >= 11 is 1.51. The van der Waals surface area contributed by atoms with Crippen molar-refractivity contribution in [3.8, 4) is 0 Å². The van der Waals surface area contributed by atoms with Gasteiger partial charge in [-0.1, -0.05) is 0 Å². The molecular formula is C15H19N5OS. The monoisotopic (exact) mass is 317 g/mol. The van der Waals surface area contributed by atoms with Crippen molar-refractivity contribution in [2.24, 2.45) is 5.92 Å². The number of thiazole rings is 1. The standard InChI is InChI=1S/C15H19N5OS/c1-11-10-22-15(18-11)19(2)13(21)12-4-8-20(9-5-12)14-16-6-3-7-17-14/h3,6-7,10,12H,4-5,8-9H2,1-2H3. The molecule has 0 radical (unpaired) electrons. The summed E-state index contributed by atoms with van der Waals surface area (Å²) in [7, 11) is 1.81. The van der Waals surface area contributed by atoms with Gasteiger partial charge in [0.1, 0.15) is 0 Å². The molecule has 0 aromatic carbocycles. The number of carbonyl (C=O) groups is 1. The Morgan fingerprint density at radius 2 is 2.00 bits per heavy atom. The van der Waals surface area contributed by atoms with E-state index in [2.05, 4.69) is 19.9 Å². The average molecular weight is 317 g/mol. The molecule has 1 fully saturated rings. The first-order valence-electron chi connectivity index (χ1n) is 7.37. The van der Waals surface area contributed by atoms with Gasteiger partial charge in [0.05, 0.1) is 5.69 Å². The molecular weight excluding hydrogens is 298 g/mol. The highest BCUT2D eigenvalue weighted by atomic mass is 32.1. The van der Waals surface area contributed by atoms with Crippen LogP contribution in [0.2, 0.25) is 0 Å². The molecule has 7 heteroatoms. The summed E-state index contributed by atoms with van der Waals surface area (Å²) < 4.78 is 0. The maximum Gasteiger partial charge on any atom is 0.231 e. The number of rotatable bonds is 3. The number of carbonyl (C=O) groups excluding carboxylic acids is 1. The van der Waals surface area contributed by atoms with E-state index < -0.39 is 0 Å². The second-order valence-corrected chi connectivity index (χ2v) is 6.32. The quantitative estimate of drug-likeness (QED) is 0.868. The fourth-order valence-corrected chi connectivity index (χ4v) is 3.42. The first-order chi connectivity index (χ1) is 10.6. The van der Waals surface area contributed by atoms with Crippen LogP contribution in [0.5, 0.6) is 0 Å². The predicted molar refractivity (Wildman–Crippen MR) is 87.2 cm³/mol. The van der Waals surface area contributed by atoms with Crippen molar-refractivity contribution in [1.29, 1.82) is 0 Å². The van der Waals surface area contributed by atoms with Crippen LogP contribution in [0.3, 0.4) is 0 Å². The van der Waals surface area contributed by atoms with E-state index >= 15 is 0 Å². The molecule has 1 aliphatic heterocycles. The van der Waals surface area contributed by atoms with E-state index in [4.69, 9.17) is 0 Å². The Kier molecular flexibility index (Phi) is 4.33. The van der Waals surface area contributed by atoms with Crippen LogP contribution in [0, 0.1) is 12.8 Å². The number of piperidine rings is 1. The average Bonchev–Trinajstić information content (AvgIpc) is 3.01. The molecule has 3 rings (SSSR count). The zero-order chi connectivity index (χ0) is 15.5. The van der Waals surface area contributed by atoms with Gasteiger partial charge in [-0.05, 0) is 25.8 Å². The van der Waals surface area contributed by atoms with Crippen molar-refractivity contribution in [2.45, 2.75) is 19.8 Å². The van der Waals surface area contributed by atoms with E-state index in [9.17, 15) is 4.79 Å². The number of anilines is 2. The second kappa shape index (κ2) is 6.39. The van der Waals surface area contributed by atoms with Crippen molar-refractivity contribution in [1.82, 2.24) is 15.0 Å². The van der Waals surface area contributed by atoms with Crippen LogP contribution < -0.4 is 9.80 Å². The lowest BCUT2D eigenvalue weighted by Gasteiger charge is -2.32. The summed E-state index contributed by atoms with van der Waals surface area (Å²) in [6, 6.07) is 1.81. The predicted octanol–water partition coefficient (Wildman–Crippen LogP) is 2.12. The van der Waals surface area contributed by atoms with Crippen LogP contribution in [0.15, 0.2) is 23.8 Å². The second-order valence-electron chi connectivity index (χ2n) is 5.48. The van der Waals surface area contributed by atoms with E-state index in [0.717, 1.165) is 42.7 Å². The lowest BCUT2D eigenvalue weighted by molar-refractivity contribution is -0.122. The Morgan fingerprint density at radius 3 is 2.59 bits per heavy atom. The highest BCUT2D eigenvalue weighted by Crippen LogP contribution is 2.25. The number of hydrogen-bond donors (Lipinski definition) is 0. The van der Waals surface area contributed by atoms with Crippen LogP contribution in [-0.4, -0.2) is 41.0 Å². The Morgan fingerprint density at radius 1 is 1.32 bits per heavy atom. The van der Waals surface area contributed by atoms with Gasteiger partial charge in [0.15, 0.2) is 5.13 Å². The minimum absolute atomic E-state index is 0.0502. The lowest BCUT2D eigenvalue weighted by atomic mass is 9.96. The van der Waals surface area contributed by atoms with Crippen molar-refractivity contribution in [3.05, 3.63) is 29.5 Å². The number of amides is 1. The van der Waals surface area contributed by atoms with Gasteiger partial charge in [0.25, 0.3) is 0 Å². The van der Waals surface area contributed by atoms with Gasteiger partial charge in [-0.2, -0.15) is 0 Å². The minimum Gasteiger partial charge on any atom is -0.341 e. The summed E-state index contributed by atoms with van der Waals surface area (Å²) in [4.78, 5) is 29.3. The van der Waals surface area contributed by atoms with E-state index in [1.807, 2.05) is 25.4 Å². The number of aryl methyl sites for hydroxylation is 1. The Bertz CT molecular complexity index is 636. The van der Waals surface area contributed by atoms with Crippen LogP contribution in [-0.2, 0) is 4.79 Å². The van der Waals surface area contributed by atoms with Crippen LogP contribution in [0.25, 0.3) is 0 Å². The SMILES string of the molecule is Cc1csc(N(C)C(=O)C2CCN(c3ncccn3)CC2)n1. The number of aromatic nitrogens is 3. The molecule has 0 N–H and O–H groups in total. The molecule has 22 heavy (non-hydrogen) atoms. The summed E-state index contributed by atoms with van der Waals surface area (Å²) in [5.41, 5.74) is 0.954. The Labute approximate surface area is 133 Å². The maximum atomic E-state index is 12.6. The molecule has 0 bridgehead atoms. The maximum absolute atomic E-state index is 12.6. The van der Waals surface area contributed by atoms with Crippen molar-refractivity contribution in [2.75, 3.05) is 29.9 Å². The smallest absolute Gasteiger partial charge is 0.231 e.